The highest BCUT2D eigenvalue weighted by molar-refractivity contribution is 5.64. The molecule has 2 N–H and O–H groups in total. The lowest BCUT2D eigenvalue weighted by Gasteiger charge is -2.15. The van der Waals surface area contributed by atoms with Crippen LogP contribution in [0.3, 0.4) is 0 Å². The highest BCUT2D eigenvalue weighted by Gasteiger charge is 2.20. The summed E-state index contributed by atoms with van der Waals surface area (Å²) in [7, 11) is 0. The van der Waals surface area contributed by atoms with Crippen molar-refractivity contribution in [2.24, 2.45) is 0 Å². The Kier molecular flexibility index (Phi) is 4.36. The number of hydrogen-bond acceptors (Lipinski definition) is 5. The van der Waals surface area contributed by atoms with Gasteiger partial charge in [0.1, 0.15) is 5.75 Å². The van der Waals surface area contributed by atoms with Crippen molar-refractivity contribution in [1.82, 2.24) is 0 Å². The lowest BCUT2D eigenvalue weighted by molar-refractivity contribution is -0.386. The molecule has 0 heterocycles. The minimum absolute atomic E-state index is 0.108. The summed E-state index contributed by atoms with van der Waals surface area (Å²) < 4.78 is 10.8. The molecule has 1 aromatic carbocycles. The van der Waals surface area contributed by atoms with Gasteiger partial charge in [0, 0.05) is 6.07 Å². The zero-order valence-electron chi connectivity index (χ0n) is 11.0. The third-order valence-corrected chi connectivity index (χ3v) is 2.01. The maximum absolute atomic E-state index is 11.0. The van der Waals surface area contributed by atoms with Crippen LogP contribution in [-0.2, 0) is 0 Å². The molecule has 0 spiro atoms. The predicted octanol–water partition coefficient (Wildman–Crippen LogP) is 2.75. The van der Waals surface area contributed by atoms with Crippen LogP contribution in [0.1, 0.15) is 27.7 Å². The molecular formula is C12H18N2O4. The van der Waals surface area contributed by atoms with E-state index in [2.05, 4.69) is 0 Å². The van der Waals surface area contributed by atoms with Gasteiger partial charge in [0.2, 0.25) is 0 Å². The van der Waals surface area contributed by atoms with Gasteiger partial charge >= 0.3 is 5.69 Å². The predicted molar refractivity (Wildman–Crippen MR) is 69.0 cm³/mol. The van der Waals surface area contributed by atoms with Gasteiger partial charge in [0.25, 0.3) is 0 Å². The number of nitrogens with two attached hydrogens (primary N) is 1. The maximum Gasteiger partial charge on any atom is 0.314 e. The molecule has 0 aliphatic rings. The first kappa shape index (κ1) is 14.1. The summed E-state index contributed by atoms with van der Waals surface area (Å²) in [5, 5.41) is 11.0. The summed E-state index contributed by atoms with van der Waals surface area (Å²) in [6.07, 6.45) is -0.274. The minimum Gasteiger partial charge on any atom is -0.489 e. The molecule has 6 heteroatoms. The molecule has 100 valence electrons. The summed E-state index contributed by atoms with van der Waals surface area (Å²) in [5.41, 5.74) is 5.97. The van der Waals surface area contributed by atoms with Crippen LogP contribution in [0.2, 0.25) is 0 Å². The number of anilines is 1. The summed E-state index contributed by atoms with van der Waals surface area (Å²) in [6.45, 7) is 7.23. The Balaban J connectivity index is 3.20. The van der Waals surface area contributed by atoms with Crippen LogP contribution in [0.4, 0.5) is 11.4 Å². The third-order valence-electron chi connectivity index (χ3n) is 2.01. The van der Waals surface area contributed by atoms with Gasteiger partial charge in [-0.05, 0) is 27.7 Å². The number of nitro benzene ring substituents is 1. The van der Waals surface area contributed by atoms with E-state index in [1.165, 1.54) is 12.1 Å². The van der Waals surface area contributed by atoms with Crippen molar-refractivity contribution < 1.29 is 14.4 Å². The standard InChI is InChI=1S/C12H18N2O4/c1-7(2)17-11-6-10(14(15)16)12(5-9(11)13)18-8(3)4/h5-8H,13H2,1-4H3. The number of hydrogen-bond donors (Lipinski definition) is 1. The van der Waals surface area contributed by atoms with E-state index >= 15 is 0 Å². The number of nitro groups is 1. The summed E-state index contributed by atoms with van der Waals surface area (Å²) >= 11 is 0. The minimum atomic E-state index is -0.510. The third kappa shape index (κ3) is 3.51. The molecule has 18 heavy (non-hydrogen) atoms. The number of nitrogen functional groups attached to an aromatic ring is 1. The molecule has 6 nitrogen and oxygen atoms in total. The normalized spacial score (nSPS) is 10.8. The van der Waals surface area contributed by atoms with Crippen LogP contribution < -0.4 is 15.2 Å². The summed E-state index contributed by atoms with van der Waals surface area (Å²) in [5.74, 6) is 0.455. The van der Waals surface area contributed by atoms with Crippen LogP contribution in [0.15, 0.2) is 12.1 Å². The van der Waals surface area contributed by atoms with Gasteiger partial charge in [0.05, 0.1) is 28.9 Å². The van der Waals surface area contributed by atoms with Gasteiger partial charge in [-0.2, -0.15) is 0 Å². The van der Waals surface area contributed by atoms with Crippen molar-refractivity contribution in [2.45, 2.75) is 39.9 Å². The lowest BCUT2D eigenvalue weighted by atomic mass is 10.2. The van der Waals surface area contributed by atoms with Crippen LogP contribution in [-0.4, -0.2) is 17.1 Å². The Morgan fingerprint density at radius 3 is 2.06 bits per heavy atom. The fourth-order valence-corrected chi connectivity index (χ4v) is 1.41. The molecule has 0 radical (unpaired) electrons. The Morgan fingerprint density at radius 1 is 1.11 bits per heavy atom. The van der Waals surface area contributed by atoms with E-state index in [-0.39, 0.29) is 23.6 Å². The van der Waals surface area contributed by atoms with E-state index in [4.69, 9.17) is 15.2 Å². The quantitative estimate of drug-likeness (QED) is 0.496. The number of ether oxygens (including phenoxy) is 2. The molecule has 0 aliphatic carbocycles. The lowest BCUT2D eigenvalue weighted by Crippen LogP contribution is -2.10. The molecule has 0 fully saturated rings. The van der Waals surface area contributed by atoms with E-state index in [0.29, 0.717) is 11.4 Å². The Labute approximate surface area is 106 Å². The molecule has 0 atom stereocenters. The van der Waals surface area contributed by atoms with Crippen molar-refractivity contribution in [3.05, 3.63) is 22.2 Å². The zero-order valence-corrected chi connectivity index (χ0v) is 11.0. The first-order valence-corrected chi connectivity index (χ1v) is 5.72. The van der Waals surface area contributed by atoms with Crippen LogP contribution >= 0.6 is 0 Å². The Bertz CT molecular complexity index is 444. The van der Waals surface area contributed by atoms with Crippen LogP contribution in [0.5, 0.6) is 11.5 Å². The Morgan fingerprint density at radius 2 is 1.61 bits per heavy atom. The van der Waals surface area contributed by atoms with Crippen molar-refractivity contribution in [2.75, 3.05) is 5.73 Å². The number of rotatable bonds is 5. The fourth-order valence-electron chi connectivity index (χ4n) is 1.41. The SMILES string of the molecule is CC(C)Oc1cc([N+](=O)[O-])c(OC(C)C)cc1N. The zero-order chi connectivity index (χ0) is 13.9. The second-order valence-electron chi connectivity index (χ2n) is 4.45. The highest BCUT2D eigenvalue weighted by Crippen LogP contribution is 2.37. The van der Waals surface area contributed by atoms with E-state index in [0.717, 1.165) is 0 Å². The van der Waals surface area contributed by atoms with Crippen molar-refractivity contribution in [3.63, 3.8) is 0 Å². The van der Waals surface area contributed by atoms with Gasteiger partial charge in [-0.15, -0.1) is 0 Å². The van der Waals surface area contributed by atoms with E-state index in [9.17, 15) is 10.1 Å². The van der Waals surface area contributed by atoms with Gasteiger partial charge < -0.3 is 15.2 Å². The molecular weight excluding hydrogens is 236 g/mol. The van der Waals surface area contributed by atoms with Crippen molar-refractivity contribution in [1.29, 1.82) is 0 Å². The average Bonchev–Trinajstić information content (AvgIpc) is 2.19. The van der Waals surface area contributed by atoms with Crippen LogP contribution in [0, 0.1) is 10.1 Å². The summed E-state index contributed by atoms with van der Waals surface area (Å²) in [4.78, 5) is 10.5. The second kappa shape index (κ2) is 5.57. The van der Waals surface area contributed by atoms with E-state index in [1.807, 2.05) is 13.8 Å². The molecule has 0 bridgehead atoms. The molecule has 0 aromatic heterocycles. The Hall–Kier alpha value is -1.98. The molecule has 0 unspecified atom stereocenters. The van der Waals surface area contributed by atoms with Gasteiger partial charge in [0.15, 0.2) is 5.75 Å². The molecule has 1 rings (SSSR count). The maximum atomic E-state index is 11.0. The highest BCUT2D eigenvalue weighted by atomic mass is 16.6. The molecule has 0 aliphatic heterocycles. The van der Waals surface area contributed by atoms with Crippen molar-refractivity contribution >= 4 is 11.4 Å². The van der Waals surface area contributed by atoms with E-state index in [1.54, 1.807) is 13.8 Å². The van der Waals surface area contributed by atoms with Crippen molar-refractivity contribution in [3.8, 4) is 11.5 Å². The van der Waals surface area contributed by atoms with Crippen LogP contribution in [0.25, 0.3) is 0 Å². The fraction of sp³-hybridized carbons (Fsp3) is 0.500. The van der Waals surface area contributed by atoms with Gasteiger partial charge in [-0.1, -0.05) is 0 Å². The topological polar surface area (TPSA) is 87.6 Å². The first-order valence-electron chi connectivity index (χ1n) is 5.72. The number of nitrogens with zero attached hydrogens (tertiary/aromatic N) is 1. The van der Waals surface area contributed by atoms with Gasteiger partial charge in [-0.25, -0.2) is 0 Å². The molecule has 0 saturated carbocycles. The van der Waals surface area contributed by atoms with E-state index < -0.39 is 4.92 Å². The second-order valence-corrected chi connectivity index (χ2v) is 4.45. The molecule has 0 amide bonds. The van der Waals surface area contributed by atoms with Gasteiger partial charge in [-0.3, -0.25) is 10.1 Å². The monoisotopic (exact) mass is 254 g/mol. The summed E-state index contributed by atoms with van der Waals surface area (Å²) in [6, 6.07) is 2.73. The first-order chi connectivity index (χ1) is 8.31. The smallest absolute Gasteiger partial charge is 0.314 e. The molecule has 1 aromatic rings. The molecule has 0 saturated heterocycles. The number of benzene rings is 1. The largest absolute Gasteiger partial charge is 0.489 e. The average molecular weight is 254 g/mol.